The van der Waals surface area contributed by atoms with Crippen LogP contribution in [0.15, 0.2) is 18.2 Å². The molecule has 1 aromatic carbocycles. The van der Waals surface area contributed by atoms with Crippen LogP contribution in [0.4, 0.5) is 0 Å². The van der Waals surface area contributed by atoms with Crippen molar-refractivity contribution >= 4 is 11.6 Å². The first-order valence-electron chi connectivity index (χ1n) is 7.55. The first kappa shape index (κ1) is 16.6. The van der Waals surface area contributed by atoms with Gasteiger partial charge in [0.1, 0.15) is 18.5 Å². The minimum atomic E-state index is 0.118. The largest absolute Gasteiger partial charge is 0.491 e. The van der Waals surface area contributed by atoms with Gasteiger partial charge in [-0.25, -0.2) is 0 Å². The molecule has 2 N–H and O–H groups in total. The van der Waals surface area contributed by atoms with Crippen molar-refractivity contribution in [3.05, 3.63) is 28.8 Å². The number of morpholine rings is 1. The lowest BCUT2D eigenvalue weighted by atomic mass is 10.0. The van der Waals surface area contributed by atoms with Crippen molar-refractivity contribution in [1.82, 2.24) is 4.90 Å². The zero-order valence-corrected chi connectivity index (χ0v) is 13.6. The summed E-state index contributed by atoms with van der Waals surface area (Å²) in [4.78, 5) is 2.26. The van der Waals surface area contributed by atoms with Crippen LogP contribution in [-0.4, -0.2) is 50.4 Å². The van der Waals surface area contributed by atoms with Crippen LogP contribution < -0.4 is 10.5 Å². The quantitative estimate of drug-likeness (QED) is 0.876. The molecule has 0 spiro atoms. The lowest BCUT2D eigenvalue weighted by molar-refractivity contribution is -0.0404. The Kier molecular flexibility index (Phi) is 6.30. The third kappa shape index (κ3) is 5.15. The van der Waals surface area contributed by atoms with Crippen LogP contribution in [0.1, 0.15) is 18.9 Å². The van der Waals surface area contributed by atoms with Gasteiger partial charge in [-0.2, -0.15) is 0 Å². The molecular formula is C16H25ClN2O2. The molecule has 5 heteroatoms. The van der Waals surface area contributed by atoms with Crippen molar-refractivity contribution < 1.29 is 9.47 Å². The Morgan fingerprint density at radius 2 is 2.33 bits per heavy atom. The molecule has 0 saturated carbocycles. The van der Waals surface area contributed by atoms with Gasteiger partial charge in [-0.3, -0.25) is 0 Å². The highest BCUT2D eigenvalue weighted by Gasteiger charge is 2.19. The maximum absolute atomic E-state index is 6.08. The average molecular weight is 313 g/mol. The number of rotatable bonds is 6. The lowest BCUT2D eigenvalue weighted by Gasteiger charge is -2.30. The highest BCUT2D eigenvalue weighted by molar-refractivity contribution is 6.30. The number of hydrogen-bond acceptors (Lipinski definition) is 4. The van der Waals surface area contributed by atoms with Crippen molar-refractivity contribution in [3.63, 3.8) is 0 Å². The maximum Gasteiger partial charge on any atom is 0.122 e. The second-order valence-corrected chi connectivity index (χ2v) is 6.13. The van der Waals surface area contributed by atoms with E-state index in [1.54, 1.807) is 0 Å². The van der Waals surface area contributed by atoms with E-state index < -0.39 is 0 Å². The van der Waals surface area contributed by atoms with Crippen LogP contribution in [0.5, 0.6) is 5.75 Å². The van der Waals surface area contributed by atoms with E-state index in [-0.39, 0.29) is 12.1 Å². The fourth-order valence-corrected chi connectivity index (χ4v) is 2.62. The maximum atomic E-state index is 6.08. The van der Waals surface area contributed by atoms with Gasteiger partial charge in [0, 0.05) is 24.2 Å². The number of nitrogens with two attached hydrogens (primary N) is 1. The monoisotopic (exact) mass is 312 g/mol. The van der Waals surface area contributed by atoms with E-state index >= 15 is 0 Å². The minimum Gasteiger partial charge on any atom is -0.491 e. The number of likely N-dealkylation sites (N-methyl/N-ethyl adjacent to an activating group) is 1. The number of benzene rings is 1. The predicted octanol–water partition coefficient (Wildman–Crippen LogP) is 2.33. The molecule has 2 atom stereocenters. The fraction of sp³-hybridized carbons (Fsp3) is 0.625. The van der Waals surface area contributed by atoms with Crippen LogP contribution in [0.3, 0.4) is 0 Å². The van der Waals surface area contributed by atoms with E-state index in [0.717, 1.165) is 43.9 Å². The summed E-state index contributed by atoms with van der Waals surface area (Å²) in [6.07, 6.45) is 1.83. The van der Waals surface area contributed by atoms with Crippen molar-refractivity contribution in [3.8, 4) is 5.75 Å². The Labute approximate surface area is 132 Å². The summed E-state index contributed by atoms with van der Waals surface area (Å²) in [7, 11) is 2.10. The molecule has 1 aromatic rings. The number of halogens is 1. The number of nitrogens with zero attached hydrogens (tertiary/aromatic N) is 1. The first-order chi connectivity index (χ1) is 10.1. The number of ether oxygens (including phenoxy) is 2. The molecule has 0 bridgehead atoms. The standard InChI is InChI=1S/C16H25ClN2O2/c1-3-14(18)9-12-8-13(17)4-5-16(12)21-11-15-10-19(2)6-7-20-15/h4-5,8,14-15H,3,6-7,9-11,18H2,1-2H3. The van der Waals surface area contributed by atoms with Gasteiger partial charge < -0.3 is 20.1 Å². The van der Waals surface area contributed by atoms with Gasteiger partial charge in [-0.1, -0.05) is 18.5 Å². The predicted molar refractivity (Wildman–Crippen MR) is 86.2 cm³/mol. The van der Waals surface area contributed by atoms with Gasteiger partial charge in [0.25, 0.3) is 0 Å². The normalized spacial score (nSPS) is 21.2. The van der Waals surface area contributed by atoms with E-state index in [0.29, 0.717) is 11.6 Å². The van der Waals surface area contributed by atoms with Gasteiger partial charge in [0.15, 0.2) is 0 Å². The second kappa shape index (κ2) is 7.99. The van der Waals surface area contributed by atoms with E-state index in [1.807, 2.05) is 18.2 Å². The molecule has 1 saturated heterocycles. The Hall–Kier alpha value is -0.810. The highest BCUT2D eigenvalue weighted by Crippen LogP contribution is 2.25. The van der Waals surface area contributed by atoms with Gasteiger partial charge in [0.2, 0.25) is 0 Å². The Morgan fingerprint density at radius 1 is 1.52 bits per heavy atom. The molecule has 2 rings (SSSR count). The molecule has 4 nitrogen and oxygen atoms in total. The number of hydrogen-bond donors (Lipinski definition) is 1. The van der Waals surface area contributed by atoms with Crippen molar-refractivity contribution in [1.29, 1.82) is 0 Å². The fourth-order valence-electron chi connectivity index (χ4n) is 2.43. The molecule has 0 aromatic heterocycles. The van der Waals surface area contributed by atoms with Crippen LogP contribution in [-0.2, 0) is 11.2 Å². The van der Waals surface area contributed by atoms with Crippen LogP contribution in [0.25, 0.3) is 0 Å². The van der Waals surface area contributed by atoms with E-state index in [4.69, 9.17) is 26.8 Å². The Morgan fingerprint density at radius 3 is 3.05 bits per heavy atom. The molecule has 0 aliphatic carbocycles. The lowest BCUT2D eigenvalue weighted by Crippen LogP contribution is -2.42. The van der Waals surface area contributed by atoms with E-state index in [2.05, 4.69) is 18.9 Å². The SMILES string of the molecule is CCC(N)Cc1cc(Cl)ccc1OCC1CN(C)CCO1. The summed E-state index contributed by atoms with van der Waals surface area (Å²) in [6.45, 7) is 5.28. The summed E-state index contributed by atoms with van der Waals surface area (Å²) >= 11 is 6.08. The molecule has 0 radical (unpaired) electrons. The molecule has 1 heterocycles. The minimum absolute atomic E-state index is 0.118. The molecule has 2 unspecified atom stereocenters. The van der Waals surface area contributed by atoms with Gasteiger partial charge >= 0.3 is 0 Å². The zero-order valence-electron chi connectivity index (χ0n) is 12.8. The third-order valence-electron chi connectivity index (χ3n) is 3.80. The summed E-state index contributed by atoms with van der Waals surface area (Å²) in [5.74, 6) is 0.861. The smallest absolute Gasteiger partial charge is 0.122 e. The molecule has 1 fully saturated rings. The summed E-state index contributed by atoms with van der Waals surface area (Å²) in [5, 5.41) is 0.717. The first-order valence-corrected chi connectivity index (χ1v) is 7.93. The summed E-state index contributed by atoms with van der Waals surface area (Å²) < 4.78 is 11.7. The van der Waals surface area contributed by atoms with Gasteiger partial charge in [-0.15, -0.1) is 0 Å². The average Bonchev–Trinajstić information content (AvgIpc) is 2.46. The van der Waals surface area contributed by atoms with Crippen molar-refractivity contribution in [2.45, 2.75) is 31.9 Å². The Bertz CT molecular complexity index is 456. The molecule has 118 valence electrons. The highest BCUT2D eigenvalue weighted by atomic mass is 35.5. The van der Waals surface area contributed by atoms with Crippen molar-refractivity contribution in [2.24, 2.45) is 5.73 Å². The van der Waals surface area contributed by atoms with Gasteiger partial charge in [-0.05, 0) is 43.7 Å². The van der Waals surface area contributed by atoms with Crippen LogP contribution >= 0.6 is 11.6 Å². The molecule has 1 aliphatic rings. The summed E-state index contributed by atoms with van der Waals surface area (Å²) in [6, 6.07) is 5.85. The molecular weight excluding hydrogens is 288 g/mol. The van der Waals surface area contributed by atoms with Crippen LogP contribution in [0, 0.1) is 0 Å². The zero-order chi connectivity index (χ0) is 15.2. The molecule has 1 aliphatic heterocycles. The topological polar surface area (TPSA) is 47.7 Å². The van der Waals surface area contributed by atoms with Crippen molar-refractivity contribution in [2.75, 3.05) is 33.4 Å². The summed E-state index contributed by atoms with van der Waals surface area (Å²) in [5.41, 5.74) is 7.12. The second-order valence-electron chi connectivity index (χ2n) is 5.69. The third-order valence-corrected chi connectivity index (χ3v) is 4.03. The molecule has 0 amide bonds. The Balaban J connectivity index is 1.98. The van der Waals surface area contributed by atoms with Crippen LogP contribution in [0.2, 0.25) is 5.02 Å². The van der Waals surface area contributed by atoms with E-state index in [9.17, 15) is 0 Å². The molecule has 21 heavy (non-hydrogen) atoms. The van der Waals surface area contributed by atoms with E-state index in [1.165, 1.54) is 0 Å². The van der Waals surface area contributed by atoms with Gasteiger partial charge in [0.05, 0.1) is 6.61 Å².